The number of aliphatic hydroxyl groups excluding tert-OH is 1. The SMILES string of the molecule is Oc1ccc([C@@H](O)CN2C[C@H]3C[C@H](Oc4cc#ccc4)C[C@H]3C2)nc1. The van der Waals surface area contributed by atoms with Crippen molar-refractivity contribution in [3.8, 4) is 11.5 Å². The molecule has 0 unspecified atom stereocenters. The van der Waals surface area contributed by atoms with Crippen molar-refractivity contribution in [3.05, 3.63) is 54.4 Å². The molecule has 2 aliphatic rings. The summed E-state index contributed by atoms with van der Waals surface area (Å²) in [5.41, 5.74) is 0.605. The molecule has 1 saturated carbocycles. The van der Waals surface area contributed by atoms with E-state index in [2.05, 4.69) is 22.0 Å². The van der Waals surface area contributed by atoms with Gasteiger partial charge >= 0.3 is 0 Å². The average Bonchev–Trinajstić information content (AvgIpc) is 3.14. The predicted molar refractivity (Wildman–Crippen MR) is 92.0 cm³/mol. The van der Waals surface area contributed by atoms with Gasteiger partial charge in [0.1, 0.15) is 17.6 Å². The van der Waals surface area contributed by atoms with E-state index in [1.165, 1.54) is 6.20 Å². The molecule has 0 amide bonds. The number of pyridine rings is 1. The molecule has 1 saturated heterocycles. The Balaban J connectivity index is 1.28. The zero-order valence-corrected chi connectivity index (χ0v) is 14.0. The number of β-amino-alcohol motifs (C(OH)–C–C–N with tert-alkyl or cyclic N) is 1. The second kappa shape index (κ2) is 6.91. The van der Waals surface area contributed by atoms with E-state index >= 15 is 0 Å². The van der Waals surface area contributed by atoms with E-state index in [1.807, 2.05) is 18.2 Å². The van der Waals surface area contributed by atoms with Crippen molar-refractivity contribution in [1.29, 1.82) is 0 Å². The third-order valence-electron chi connectivity index (χ3n) is 5.26. The zero-order valence-electron chi connectivity index (χ0n) is 14.0. The largest absolute Gasteiger partial charge is 0.506 e. The number of likely N-dealkylation sites (tertiary alicyclic amines) is 1. The molecule has 5 heteroatoms. The van der Waals surface area contributed by atoms with Crippen LogP contribution in [0.5, 0.6) is 11.5 Å². The van der Waals surface area contributed by atoms with Gasteiger partial charge in [-0.1, -0.05) is 12.1 Å². The zero-order chi connectivity index (χ0) is 17.2. The van der Waals surface area contributed by atoms with Gasteiger partial charge < -0.3 is 14.9 Å². The van der Waals surface area contributed by atoms with Crippen LogP contribution in [0.15, 0.2) is 36.5 Å². The first-order valence-corrected chi connectivity index (χ1v) is 8.77. The smallest absolute Gasteiger partial charge is 0.133 e. The van der Waals surface area contributed by atoms with Gasteiger partial charge in [-0.2, -0.15) is 0 Å². The highest BCUT2D eigenvalue weighted by atomic mass is 16.5. The van der Waals surface area contributed by atoms with E-state index < -0.39 is 6.10 Å². The van der Waals surface area contributed by atoms with Crippen molar-refractivity contribution in [2.45, 2.75) is 25.0 Å². The van der Waals surface area contributed by atoms with Gasteiger partial charge in [0.15, 0.2) is 0 Å². The summed E-state index contributed by atoms with van der Waals surface area (Å²) in [6.45, 7) is 2.57. The van der Waals surface area contributed by atoms with Gasteiger partial charge in [0.05, 0.1) is 18.0 Å². The minimum absolute atomic E-state index is 0.117. The highest BCUT2D eigenvalue weighted by Crippen LogP contribution is 2.40. The summed E-state index contributed by atoms with van der Waals surface area (Å²) < 4.78 is 6.06. The molecule has 1 aromatic heterocycles. The van der Waals surface area contributed by atoms with Crippen LogP contribution in [0.25, 0.3) is 0 Å². The van der Waals surface area contributed by atoms with Crippen molar-refractivity contribution in [1.82, 2.24) is 9.88 Å². The molecule has 0 radical (unpaired) electrons. The number of ether oxygens (including phenoxy) is 1. The second-order valence-electron chi connectivity index (χ2n) is 7.08. The Bertz CT molecular complexity index is 678. The normalized spacial score (nSPS) is 26.8. The Morgan fingerprint density at radius 3 is 2.64 bits per heavy atom. The van der Waals surface area contributed by atoms with Crippen LogP contribution >= 0.6 is 0 Å². The van der Waals surface area contributed by atoms with Crippen LogP contribution < -0.4 is 4.74 Å². The molecule has 2 fully saturated rings. The summed E-state index contributed by atoms with van der Waals surface area (Å²) in [5.74, 6) is 2.24. The third-order valence-corrected chi connectivity index (χ3v) is 5.26. The van der Waals surface area contributed by atoms with Crippen molar-refractivity contribution in [2.75, 3.05) is 19.6 Å². The number of aromatic nitrogens is 1. The summed E-state index contributed by atoms with van der Waals surface area (Å²) in [4.78, 5) is 6.41. The van der Waals surface area contributed by atoms with E-state index in [1.54, 1.807) is 12.1 Å². The van der Waals surface area contributed by atoms with Crippen LogP contribution in [-0.4, -0.2) is 45.8 Å². The lowest BCUT2D eigenvalue weighted by Gasteiger charge is -2.22. The van der Waals surface area contributed by atoms with Gasteiger partial charge in [0, 0.05) is 25.7 Å². The first-order chi connectivity index (χ1) is 12.2. The molecule has 4 atom stereocenters. The molecular weight excluding hydrogens is 316 g/mol. The highest BCUT2D eigenvalue weighted by molar-refractivity contribution is 5.19. The molecule has 2 heterocycles. The Morgan fingerprint density at radius 2 is 2.00 bits per heavy atom. The predicted octanol–water partition coefficient (Wildman–Crippen LogP) is 2.21. The lowest BCUT2D eigenvalue weighted by atomic mass is 10.0. The Hall–Kier alpha value is -2.29. The number of hydrogen-bond donors (Lipinski definition) is 2. The standard InChI is InChI=1S/C20H22N2O3/c23-16-6-7-19(21-10-16)20(24)13-22-11-14-8-18(9-15(14)12-22)25-17-4-2-1-3-5-17/h2,4-7,10,14-15,18,20,23-24H,8-9,11-13H2/t14-,15+,18+,20-/m0/s1. The van der Waals surface area contributed by atoms with E-state index in [0.717, 1.165) is 31.7 Å². The molecule has 25 heavy (non-hydrogen) atoms. The van der Waals surface area contributed by atoms with Gasteiger partial charge in [-0.3, -0.25) is 9.88 Å². The number of aliphatic hydroxyl groups is 1. The molecule has 2 N–H and O–H groups in total. The number of aromatic hydroxyl groups is 1. The van der Waals surface area contributed by atoms with Crippen LogP contribution in [0.1, 0.15) is 24.6 Å². The maximum absolute atomic E-state index is 10.4. The fraction of sp³-hybridized carbons (Fsp3) is 0.450. The maximum atomic E-state index is 10.4. The third kappa shape index (κ3) is 3.71. The maximum Gasteiger partial charge on any atom is 0.133 e. The van der Waals surface area contributed by atoms with Gasteiger partial charge in [0.2, 0.25) is 0 Å². The molecule has 5 nitrogen and oxygen atoms in total. The van der Waals surface area contributed by atoms with Crippen LogP contribution in [0.2, 0.25) is 0 Å². The molecular formula is C20H22N2O3. The molecule has 1 aliphatic heterocycles. The van der Waals surface area contributed by atoms with E-state index in [9.17, 15) is 10.2 Å². The topological polar surface area (TPSA) is 65.8 Å². The van der Waals surface area contributed by atoms with Gasteiger partial charge in [-0.05, 0) is 48.9 Å². The van der Waals surface area contributed by atoms with E-state index in [-0.39, 0.29) is 11.9 Å². The molecule has 0 bridgehead atoms. The molecule has 2 aromatic rings. The number of hydrogen-bond acceptors (Lipinski definition) is 5. The lowest BCUT2D eigenvalue weighted by molar-refractivity contribution is 0.113. The second-order valence-corrected chi connectivity index (χ2v) is 7.08. The first-order valence-electron chi connectivity index (χ1n) is 8.77. The van der Waals surface area contributed by atoms with Gasteiger partial charge in [-0.15, -0.1) is 0 Å². The Kier molecular flexibility index (Phi) is 4.48. The average molecular weight is 338 g/mol. The van der Waals surface area contributed by atoms with Crippen LogP contribution in [0.4, 0.5) is 0 Å². The van der Waals surface area contributed by atoms with Crippen LogP contribution in [0.3, 0.4) is 0 Å². The Labute approximate surface area is 147 Å². The van der Waals surface area contributed by atoms with E-state index in [4.69, 9.17) is 4.74 Å². The first kappa shape index (κ1) is 16.2. The van der Waals surface area contributed by atoms with Crippen molar-refractivity contribution in [3.63, 3.8) is 0 Å². The monoisotopic (exact) mass is 338 g/mol. The summed E-state index contributed by atoms with van der Waals surface area (Å²) >= 11 is 0. The summed E-state index contributed by atoms with van der Waals surface area (Å²) in [6, 6.07) is 14.6. The van der Waals surface area contributed by atoms with E-state index in [0.29, 0.717) is 24.1 Å². The quantitative estimate of drug-likeness (QED) is 0.875. The Morgan fingerprint density at radius 1 is 1.20 bits per heavy atom. The van der Waals surface area contributed by atoms with Gasteiger partial charge in [0.25, 0.3) is 0 Å². The molecule has 1 aromatic carbocycles. The highest BCUT2D eigenvalue weighted by Gasteiger charge is 2.42. The van der Waals surface area contributed by atoms with Crippen molar-refractivity contribution < 1.29 is 14.9 Å². The summed E-state index contributed by atoms with van der Waals surface area (Å²) in [6.07, 6.45) is 3.15. The number of rotatable bonds is 5. The molecule has 0 spiro atoms. The van der Waals surface area contributed by atoms with Gasteiger partial charge in [-0.25, -0.2) is 0 Å². The summed E-state index contributed by atoms with van der Waals surface area (Å²) in [5, 5.41) is 19.7. The lowest BCUT2D eigenvalue weighted by Crippen LogP contribution is -2.29. The molecule has 1 aliphatic carbocycles. The summed E-state index contributed by atoms with van der Waals surface area (Å²) in [7, 11) is 0. The molecule has 130 valence electrons. The van der Waals surface area contributed by atoms with Crippen molar-refractivity contribution in [2.24, 2.45) is 11.8 Å². The van der Waals surface area contributed by atoms with Crippen LogP contribution in [0, 0.1) is 24.0 Å². The molecule has 4 rings (SSSR count). The number of nitrogens with zero attached hydrogens (tertiary/aromatic N) is 2. The minimum Gasteiger partial charge on any atom is -0.506 e. The van der Waals surface area contributed by atoms with Crippen LogP contribution in [-0.2, 0) is 0 Å². The fourth-order valence-electron chi connectivity index (χ4n) is 4.12. The minimum atomic E-state index is -0.623. The van der Waals surface area contributed by atoms with Crippen molar-refractivity contribution >= 4 is 0 Å². The fourth-order valence-corrected chi connectivity index (χ4v) is 4.12. The number of fused-ring (bicyclic) bond motifs is 1.